The predicted octanol–water partition coefficient (Wildman–Crippen LogP) is 4.57. The third-order valence-electron chi connectivity index (χ3n) is 7.49. The Morgan fingerprint density at radius 3 is 2.62 bits per heavy atom. The molecule has 1 aliphatic heterocycles. The van der Waals surface area contributed by atoms with Crippen molar-refractivity contribution in [1.82, 2.24) is 19.8 Å². The molecule has 2 aromatic carbocycles. The van der Waals surface area contributed by atoms with Crippen LogP contribution in [0.2, 0.25) is 0 Å². The molecule has 244 valence electrons. The topological polar surface area (TPSA) is 106 Å². The van der Waals surface area contributed by atoms with Crippen LogP contribution in [0.1, 0.15) is 35.7 Å². The Bertz CT molecular complexity index is 1700. The SMILES string of the molecule is COc1cc(S(C)(=O)=O)ccc1NCC#Cc1cc(C(=O)N[C@H]2CCN(CCC(F)F)C[C@@H]2C)c2ncn(CC(F)(F)F)c2c1. The standard InChI is InChI=1S/C30H34F5N5O4S/c1-19-16-39(12-9-27(31)32)11-8-23(19)38-29(41)22-13-20(14-25-28(22)37-18-40(25)17-30(33,34)35)5-4-10-36-24-7-6-21(45(3,42)43)15-26(24)44-2/h6-7,13-15,18-19,23,27,36H,8-12,16-17H2,1-3H3,(H,38,41)/t19-,23-/m0/s1. The number of hydrogen-bond acceptors (Lipinski definition) is 7. The van der Waals surface area contributed by atoms with Gasteiger partial charge in [0.1, 0.15) is 17.8 Å². The van der Waals surface area contributed by atoms with Gasteiger partial charge in [-0.1, -0.05) is 18.8 Å². The number of likely N-dealkylation sites (tertiary alicyclic amines) is 1. The van der Waals surface area contributed by atoms with Crippen LogP contribution in [-0.2, 0) is 16.4 Å². The lowest BCUT2D eigenvalue weighted by Gasteiger charge is -2.37. The number of fused-ring (bicyclic) bond motifs is 1. The normalized spacial score (nSPS) is 17.6. The fraction of sp³-hybridized carbons (Fsp3) is 0.467. The fourth-order valence-corrected chi connectivity index (χ4v) is 5.87. The maximum Gasteiger partial charge on any atom is 0.406 e. The molecule has 0 aliphatic carbocycles. The third-order valence-corrected chi connectivity index (χ3v) is 8.60. The number of piperidine rings is 1. The van der Waals surface area contributed by atoms with Crippen molar-refractivity contribution >= 4 is 32.5 Å². The summed E-state index contributed by atoms with van der Waals surface area (Å²) in [6, 6.07) is 6.96. The van der Waals surface area contributed by atoms with Gasteiger partial charge in [-0.05, 0) is 36.6 Å². The summed E-state index contributed by atoms with van der Waals surface area (Å²) in [5.41, 5.74) is 1.01. The number of nitrogens with zero attached hydrogens (tertiary/aromatic N) is 3. The molecule has 0 unspecified atom stereocenters. The summed E-state index contributed by atoms with van der Waals surface area (Å²) >= 11 is 0. The molecule has 1 amide bonds. The summed E-state index contributed by atoms with van der Waals surface area (Å²) in [7, 11) is -2.06. The van der Waals surface area contributed by atoms with E-state index in [2.05, 4.69) is 27.5 Å². The van der Waals surface area contributed by atoms with E-state index < -0.39 is 34.9 Å². The number of imidazole rings is 1. The van der Waals surface area contributed by atoms with Gasteiger partial charge < -0.3 is 24.8 Å². The lowest BCUT2D eigenvalue weighted by Crippen LogP contribution is -2.50. The van der Waals surface area contributed by atoms with Crippen LogP contribution >= 0.6 is 0 Å². The number of anilines is 1. The van der Waals surface area contributed by atoms with E-state index in [0.29, 0.717) is 25.2 Å². The molecule has 2 heterocycles. The van der Waals surface area contributed by atoms with E-state index in [1.807, 2.05) is 11.8 Å². The number of hydrogen-bond donors (Lipinski definition) is 2. The zero-order chi connectivity index (χ0) is 32.9. The van der Waals surface area contributed by atoms with Crippen molar-refractivity contribution in [2.45, 2.75) is 49.8 Å². The minimum atomic E-state index is -4.53. The number of methoxy groups -OCH3 is 1. The minimum absolute atomic E-state index is 0.0452. The number of sulfone groups is 1. The molecule has 0 radical (unpaired) electrons. The Hall–Kier alpha value is -3.90. The molecule has 1 fully saturated rings. The largest absolute Gasteiger partial charge is 0.495 e. The average Bonchev–Trinajstić information content (AvgIpc) is 3.35. The van der Waals surface area contributed by atoms with Gasteiger partial charge in [0, 0.05) is 50.0 Å². The Morgan fingerprint density at radius 2 is 1.98 bits per heavy atom. The molecule has 15 heteroatoms. The Balaban J connectivity index is 1.56. The zero-order valence-electron chi connectivity index (χ0n) is 24.9. The van der Waals surface area contributed by atoms with Gasteiger partial charge in [-0.2, -0.15) is 13.2 Å². The van der Waals surface area contributed by atoms with Crippen LogP contribution in [-0.4, -0.2) is 87.0 Å². The predicted molar refractivity (Wildman–Crippen MR) is 159 cm³/mol. The molecule has 0 bridgehead atoms. The van der Waals surface area contributed by atoms with Gasteiger partial charge in [0.05, 0.1) is 41.6 Å². The highest BCUT2D eigenvalue weighted by Gasteiger charge is 2.31. The average molecular weight is 656 g/mol. The van der Waals surface area contributed by atoms with Crippen LogP contribution in [0.4, 0.5) is 27.6 Å². The molecule has 4 rings (SSSR count). The summed E-state index contributed by atoms with van der Waals surface area (Å²) in [5, 5.41) is 5.98. The number of amides is 1. The number of ether oxygens (including phenoxy) is 1. The summed E-state index contributed by atoms with van der Waals surface area (Å²) in [5.74, 6) is 5.47. The first kappa shape index (κ1) is 34.0. The lowest BCUT2D eigenvalue weighted by atomic mass is 9.93. The second kappa shape index (κ2) is 14.0. The molecular formula is C30H34F5N5O4S. The molecule has 2 atom stereocenters. The summed E-state index contributed by atoms with van der Waals surface area (Å²) in [6.07, 6.45) is -4.50. The number of benzene rings is 2. The molecule has 0 saturated carbocycles. The number of nitrogens with one attached hydrogen (secondary N) is 2. The van der Waals surface area contributed by atoms with Crippen molar-refractivity contribution in [2.24, 2.45) is 5.92 Å². The van der Waals surface area contributed by atoms with Crippen LogP contribution in [0.5, 0.6) is 5.75 Å². The maximum absolute atomic E-state index is 13.5. The molecular weight excluding hydrogens is 621 g/mol. The molecule has 1 saturated heterocycles. The number of rotatable bonds is 10. The van der Waals surface area contributed by atoms with E-state index in [4.69, 9.17) is 4.74 Å². The van der Waals surface area contributed by atoms with E-state index in [-0.39, 0.29) is 64.3 Å². The van der Waals surface area contributed by atoms with Crippen LogP contribution < -0.4 is 15.4 Å². The second-order valence-corrected chi connectivity index (χ2v) is 13.0. The van der Waals surface area contributed by atoms with Gasteiger partial charge in [0.2, 0.25) is 6.43 Å². The van der Waals surface area contributed by atoms with E-state index >= 15 is 0 Å². The van der Waals surface area contributed by atoms with E-state index in [1.54, 1.807) is 0 Å². The highest BCUT2D eigenvalue weighted by atomic mass is 32.2. The number of carbonyl (C=O) groups is 1. The number of carbonyl (C=O) groups excluding carboxylic acids is 1. The van der Waals surface area contributed by atoms with Gasteiger partial charge in [-0.3, -0.25) is 4.79 Å². The number of alkyl halides is 5. The maximum atomic E-state index is 13.5. The quantitative estimate of drug-likeness (QED) is 0.244. The Labute approximate surface area is 258 Å². The number of halogens is 5. The van der Waals surface area contributed by atoms with Crippen molar-refractivity contribution in [1.29, 1.82) is 0 Å². The third kappa shape index (κ3) is 9.07. The molecule has 9 nitrogen and oxygen atoms in total. The van der Waals surface area contributed by atoms with Crippen LogP contribution in [0.3, 0.4) is 0 Å². The van der Waals surface area contributed by atoms with Gasteiger partial charge in [-0.15, -0.1) is 0 Å². The number of aromatic nitrogens is 2. The van der Waals surface area contributed by atoms with E-state index in [9.17, 15) is 35.2 Å². The summed E-state index contributed by atoms with van der Waals surface area (Å²) < 4.78 is 95.0. The molecule has 3 aromatic rings. The molecule has 2 N–H and O–H groups in total. The fourth-order valence-electron chi connectivity index (χ4n) is 5.24. The monoisotopic (exact) mass is 655 g/mol. The molecule has 45 heavy (non-hydrogen) atoms. The van der Waals surface area contributed by atoms with Gasteiger partial charge in [-0.25, -0.2) is 22.2 Å². The van der Waals surface area contributed by atoms with Crippen molar-refractivity contribution in [3.8, 4) is 17.6 Å². The highest BCUT2D eigenvalue weighted by molar-refractivity contribution is 7.90. The smallest absolute Gasteiger partial charge is 0.406 e. The van der Waals surface area contributed by atoms with E-state index in [0.717, 1.165) is 17.2 Å². The molecule has 1 aromatic heterocycles. The minimum Gasteiger partial charge on any atom is -0.495 e. The molecule has 0 spiro atoms. The van der Waals surface area contributed by atoms with Crippen molar-refractivity contribution < 1.29 is 39.9 Å². The van der Waals surface area contributed by atoms with Gasteiger partial charge in [0.15, 0.2) is 9.84 Å². The van der Waals surface area contributed by atoms with Crippen LogP contribution in [0, 0.1) is 17.8 Å². The second-order valence-electron chi connectivity index (χ2n) is 11.0. The highest BCUT2D eigenvalue weighted by Crippen LogP contribution is 2.28. The first-order chi connectivity index (χ1) is 21.1. The Kier molecular flexibility index (Phi) is 10.6. The van der Waals surface area contributed by atoms with Gasteiger partial charge in [0.25, 0.3) is 5.91 Å². The summed E-state index contributed by atoms with van der Waals surface area (Å²) in [4.78, 5) is 19.6. The molecule has 1 aliphatic rings. The first-order valence-corrected chi connectivity index (χ1v) is 16.0. The van der Waals surface area contributed by atoms with E-state index in [1.165, 1.54) is 37.4 Å². The Morgan fingerprint density at radius 1 is 1.22 bits per heavy atom. The lowest BCUT2D eigenvalue weighted by molar-refractivity contribution is -0.139. The van der Waals surface area contributed by atoms with Gasteiger partial charge >= 0.3 is 6.18 Å². The summed E-state index contributed by atoms with van der Waals surface area (Å²) in [6.45, 7) is 1.98. The van der Waals surface area contributed by atoms with Crippen LogP contribution in [0.25, 0.3) is 11.0 Å². The van der Waals surface area contributed by atoms with Crippen molar-refractivity contribution in [3.05, 3.63) is 47.8 Å². The van der Waals surface area contributed by atoms with Crippen molar-refractivity contribution in [3.63, 3.8) is 0 Å². The zero-order valence-corrected chi connectivity index (χ0v) is 25.7. The van der Waals surface area contributed by atoms with Crippen molar-refractivity contribution in [2.75, 3.05) is 44.9 Å². The first-order valence-electron chi connectivity index (χ1n) is 14.1. The van der Waals surface area contributed by atoms with Crippen LogP contribution in [0.15, 0.2) is 41.6 Å².